The highest BCUT2D eigenvalue weighted by Gasteiger charge is 2.07. The normalized spacial score (nSPS) is 12.2. The van der Waals surface area contributed by atoms with Crippen LogP contribution in [0.1, 0.15) is 39.8 Å². The molecule has 132 valence electrons. The Labute approximate surface area is 150 Å². The van der Waals surface area contributed by atoms with Gasteiger partial charge in [0, 0.05) is 42.3 Å². The van der Waals surface area contributed by atoms with E-state index >= 15 is 0 Å². The molecule has 5 heteroatoms. The Morgan fingerprint density at radius 2 is 1.83 bits per heavy atom. The average Bonchev–Trinajstić information content (AvgIpc) is 3.02. The lowest BCUT2D eigenvalue weighted by Gasteiger charge is -2.21. The zero-order valence-corrected chi connectivity index (χ0v) is 16.1. The second-order valence-electron chi connectivity index (χ2n) is 6.05. The van der Waals surface area contributed by atoms with Gasteiger partial charge in [-0.15, -0.1) is 11.3 Å². The highest BCUT2D eigenvalue weighted by atomic mass is 32.1. The van der Waals surface area contributed by atoms with Gasteiger partial charge in [0.15, 0.2) is 5.13 Å². The van der Waals surface area contributed by atoms with Crippen molar-refractivity contribution in [1.29, 1.82) is 0 Å². The van der Waals surface area contributed by atoms with Gasteiger partial charge in [0.1, 0.15) is 0 Å². The molecule has 1 aromatic carbocycles. The van der Waals surface area contributed by atoms with Gasteiger partial charge in [-0.1, -0.05) is 6.92 Å². The molecule has 1 heterocycles. The number of thiazole rings is 1. The molecule has 0 saturated carbocycles. The summed E-state index contributed by atoms with van der Waals surface area (Å²) in [6.45, 7) is 11.9. The summed E-state index contributed by atoms with van der Waals surface area (Å²) < 4.78 is 0. The predicted octanol–water partition coefficient (Wildman–Crippen LogP) is 4.66. The van der Waals surface area contributed by atoms with E-state index < -0.39 is 0 Å². The van der Waals surface area contributed by atoms with Crippen molar-refractivity contribution in [3.8, 4) is 0 Å². The number of rotatable bonds is 10. The number of nitrogens with zero attached hydrogens (tertiary/aromatic N) is 2. The molecule has 0 aliphatic carbocycles. The quantitative estimate of drug-likeness (QED) is 0.656. The van der Waals surface area contributed by atoms with Crippen molar-refractivity contribution in [3.63, 3.8) is 0 Å². The molecular formula is C19H30N4S. The minimum absolute atomic E-state index is 0.466. The van der Waals surface area contributed by atoms with Crippen molar-refractivity contribution in [2.45, 2.75) is 46.6 Å². The first-order valence-corrected chi connectivity index (χ1v) is 9.84. The van der Waals surface area contributed by atoms with Crippen LogP contribution in [0.2, 0.25) is 0 Å². The van der Waals surface area contributed by atoms with Crippen LogP contribution in [-0.4, -0.2) is 30.7 Å². The monoisotopic (exact) mass is 346 g/mol. The zero-order chi connectivity index (χ0) is 17.4. The molecule has 0 amide bonds. The fraction of sp³-hybridized carbons (Fsp3) is 0.526. The molecule has 0 bridgehead atoms. The summed E-state index contributed by atoms with van der Waals surface area (Å²) in [4.78, 5) is 7.04. The van der Waals surface area contributed by atoms with E-state index in [-0.39, 0.29) is 0 Å². The van der Waals surface area contributed by atoms with Crippen molar-refractivity contribution in [2.24, 2.45) is 0 Å². The highest BCUT2D eigenvalue weighted by Crippen LogP contribution is 2.24. The molecule has 0 saturated heterocycles. The Morgan fingerprint density at radius 1 is 1.12 bits per heavy atom. The maximum Gasteiger partial charge on any atom is 0.187 e. The summed E-state index contributed by atoms with van der Waals surface area (Å²) in [5.74, 6) is 0. The van der Waals surface area contributed by atoms with E-state index in [1.54, 1.807) is 11.3 Å². The van der Waals surface area contributed by atoms with E-state index in [1.807, 2.05) is 0 Å². The predicted molar refractivity (Wildman–Crippen MR) is 107 cm³/mol. The van der Waals surface area contributed by atoms with Crippen LogP contribution in [0.4, 0.5) is 16.5 Å². The van der Waals surface area contributed by atoms with Crippen LogP contribution in [0, 0.1) is 0 Å². The Bertz CT molecular complexity index is 590. The SMILES string of the molecule is CCCNC(C)Cc1csc(Nc2ccc(N(CC)CC)cc2)n1. The third kappa shape index (κ3) is 5.49. The molecule has 2 aromatic rings. The number of benzene rings is 1. The first-order chi connectivity index (χ1) is 11.7. The lowest BCUT2D eigenvalue weighted by atomic mass is 10.2. The van der Waals surface area contributed by atoms with Gasteiger partial charge in [-0.3, -0.25) is 0 Å². The second kappa shape index (κ2) is 9.64. The third-order valence-corrected chi connectivity index (χ3v) is 4.86. The zero-order valence-electron chi connectivity index (χ0n) is 15.3. The molecular weight excluding hydrogens is 316 g/mol. The van der Waals surface area contributed by atoms with Gasteiger partial charge in [0.2, 0.25) is 0 Å². The summed E-state index contributed by atoms with van der Waals surface area (Å²) in [7, 11) is 0. The largest absolute Gasteiger partial charge is 0.372 e. The molecule has 1 aromatic heterocycles. The lowest BCUT2D eigenvalue weighted by molar-refractivity contribution is 0.540. The lowest BCUT2D eigenvalue weighted by Crippen LogP contribution is -2.28. The smallest absolute Gasteiger partial charge is 0.187 e. The number of anilines is 3. The number of aromatic nitrogens is 1. The molecule has 2 N–H and O–H groups in total. The molecule has 0 aliphatic heterocycles. The van der Waals surface area contributed by atoms with Crippen LogP contribution < -0.4 is 15.5 Å². The first-order valence-electron chi connectivity index (χ1n) is 8.96. The van der Waals surface area contributed by atoms with Gasteiger partial charge in [-0.05, 0) is 58.0 Å². The molecule has 0 aliphatic rings. The van der Waals surface area contributed by atoms with Crippen LogP contribution in [0.3, 0.4) is 0 Å². The van der Waals surface area contributed by atoms with Gasteiger partial charge in [-0.25, -0.2) is 4.98 Å². The Balaban J connectivity index is 1.92. The van der Waals surface area contributed by atoms with Crippen LogP contribution in [0.25, 0.3) is 0 Å². The van der Waals surface area contributed by atoms with Crippen LogP contribution in [0.15, 0.2) is 29.6 Å². The minimum Gasteiger partial charge on any atom is -0.372 e. The van der Waals surface area contributed by atoms with Gasteiger partial charge in [0.25, 0.3) is 0 Å². The average molecular weight is 347 g/mol. The fourth-order valence-electron chi connectivity index (χ4n) is 2.70. The van der Waals surface area contributed by atoms with E-state index in [0.29, 0.717) is 6.04 Å². The number of hydrogen-bond donors (Lipinski definition) is 2. The van der Waals surface area contributed by atoms with E-state index in [2.05, 4.69) is 72.9 Å². The third-order valence-electron chi connectivity index (χ3n) is 4.06. The topological polar surface area (TPSA) is 40.2 Å². The van der Waals surface area contributed by atoms with Gasteiger partial charge < -0.3 is 15.5 Å². The molecule has 0 radical (unpaired) electrons. The first kappa shape index (κ1) is 18.7. The van der Waals surface area contributed by atoms with E-state index in [9.17, 15) is 0 Å². The van der Waals surface area contributed by atoms with Crippen molar-refractivity contribution < 1.29 is 0 Å². The van der Waals surface area contributed by atoms with Gasteiger partial charge in [-0.2, -0.15) is 0 Å². The Hall–Kier alpha value is -1.59. The van der Waals surface area contributed by atoms with Gasteiger partial charge >= 0.3 is 0 Å². The van der Waals surface area contributed by atoms with Crippen molar-refractivity contribution in [3.05, 3.63) is 35.3 Å². The summed E-state index contributed by atoms with van der Waals surface area (Å²) in [5.41, 5.74) is 3.50. The Morgan fingerprint density at radius 3 is 2.46 bits per heavy atom. The highest BCUT2D eigenvalue weighted by molar-refractivity contribution is 7.13. The van der Waals surface area contributed by atoms with E-state index in [0.717, 1.165) is 49.0 Å². The molecule has 0 fully saturated rings. The van der Waals surface area contributed by atoms with Crippen LogP contribution >= 0.6 is 11.3 Å². The van der Waals surface area contributed by atoms with Crippen molar-refractivity contribution in [1.82, 2.24) is 10.3 Å². The molecule has 0 spiro atoms. The van der Waals surface area contributed by atoms with Crippen molar-refractivity contribution >= 4 is 27.8 Å². The fourth-order valence-corrected chi connectivity index (χ4v) is 3.45. The van der Waals surface area contributed by atoms with Crippen LogP contribution in [0.5, 0.6) is 0 Å². The molecule has 2 rings (SSSR count). The molecule has 4 nitrogen and oxygen atoms in total. The van der Waals surface area contributed by atoms with Crippen LogP contribution in [-0.2, 0) is 6.42 Å². The van der Waals surface area contributed by atoms with E-state index in [4.69, 9.17) is 4.98 Å². The summed E-state index contributed by atoms with van der Waals surface area (Å²) in [6.07, 6.45) is 2.14. The summed E-state index contributed by atoms with van der Waals surface area (Å²) in [6, 6.07) is 9.05. The molecule has 1 atom stereocenters. The summed E-state index contributed by atoms with van der Waals surface area (Å²) in [5, 5.41) is 10.0. The van der Waals surface area contributed by atoms with Gasteiger partial charge in [0.05, 0.1) is 5.69 Å². The second-order valence-corrected chi connectivity index (χ2v) is 6.91. The minimum atomic E-state index is 0.466. The summed E-state index contributed by atoms with van der Waals surface area (Å²) >= 11 is 1.67. The molecule has 1 unspecified atom stereocenters. The maximum atomic E-state index is 4.70. The maximum absolute atomic E-state index is 4.70. The molecule has 24 heavy (non-hydrogen) atoms. The Kier molecular flexibility index (Phi) is 7.53. The van der Waals surface area contributed by atoms with Crippen molar-refractivity contribution in [2.75, 3.05) is 29.9 Å². The standard InChI is InChI=1S/C19H30N4S/c1-5-12-20-15(4)13-17-14-24-19(22-17)21-16-8-10-18(11-9-16)23(6-2)7-3/h8-11,14-15,20H,5-7,12-13H2,1-4H3,(H,21,22). The van der Waals surface area contributed by atoms with E-state index in [1.165, 1.54) is 5.69 Å². The number of hydrogen-bond acceptors (Lipinski definition) is 5. The number of nitrogens with one attached hydrogen (secondary N) is 2.